The van der Waals surface area contributed by atoms with Gasteiger partial charge in [0.05, 0.1) is 24.6 Å². The largest absolute Gasteiger partial charge is 0.378 e. The number of aromatic nitrogens is 3. The van der Waals surface area contributed by atoms with Crippen LogP contribution in [0, 0.1) is 0 Å². The maximum absolute atomic E-state index is 5.46. The zero-order chi connectivity index (χ0) is 18.3. The zero-order valence-corrected chi connectivity index (χ0v) is 15.0. The van der Waals surface area contributed by atoms with E-state index in [4.69, 9.17) is 4.74 Å². The van der Waals surface area contributed by atoms with E-state index in [1.807, 2.05) is 30.5 Å². The van der Waals surface area contributed by atoms with Crippen molar-refractivity contribution in [1.82, 2.24) is 15.0 Å². The van der Waals surface area contributed by atoms with Gasteiger partial charge in [-0.2, -0.15) is 0 Å². The average molecular weight is 362 g/mol. The number of ether oxygens (including phenoxy) is 1. The smallest absolute Gasteiger partial charge is 0.135 e. The number of rotatable bonds is 6. The van der Waals surface area contributed by atoms with Crippen LogP contribution in [-0.4, -0.2) is 41.3 Å². The molecule has 7 nitrogen and oxygen atoms in total. The fourth-order valence-corrected chi connectivity index (χ4v) is 3.01. The first kappa shape index (κ1) is 17.2. The van der Waals surface area contributed by atoms with Crippen LogP contribution in [0.2, 0.25) is 0 Å². The summed E-state index contributed by atoms with van der Waals surface area (Å²) in [5.74, 6) is 1.51. The molecular weight excluding hydrogens is 340 g/mol. The van der Waals surface area contributed by atoms with E-state index in [1.165, 1.54) is 0 Å². The van der Waals surface area contributed by atoms with Crippen molar-refractivity contribution in [3.63, 3.8) is 0 Å². The molecule has 2 N–H and O–H groups in total. The van der Waals surface area contributed by atoms with Gasteiger partial charge in [0.1, 0.15) is 18.0 Å². The molecule has 0 atom stereocenters. The molecule has 1 fully saturated rings. The summed E-state index contributed by atoms with van der Waals surface area (Å²) in [5.41, 5.74) is 3.28. The molecule has 7 heteroatoms. The highest BCUT2D eigenvalue weighted by Gasteiger charge is 2.14. The van der Waals surface area contributed by atoms with E-state index < -0.39 is 0 Å². The van der Waals surface area contributed by atoms with E-state index in [0.717, 1.165) is 54.9 Å². The van der Waals surface area contributed by atoms with Gasteiger partial charge in [0, 0.05) is 38.1 Å². The molecule has 0 spiro atoms. The molecular formula is C20H22N6O. The molecule has 138 valence electrons. The van der Waals surface area contributed by atoms with Crippen molar-refractivity contribution in [2.45, 2.75) is 6.54 Å². The number of anilines is 4. The fourth-order valence-electron chi connectivity index (χ4n) is 3.01. The molecule has 2 aromatic heterocycles. The minimum absolute atomic E-state index is 0.661. The molecule has 4 rings (SSSR count). The first-order valence-corrected chi connectivity index (χ1v) is 9.02. The second-order valence-electron chi connectivity index (χ2n) is 6.24. The predicted octanol–water partition coefficient (Wildman–Crippen LogP) is 3.06. The van der Waals surface area contributed by atoms with Gasteiger partial charge in [-0.1, -0.05) is 18.2 Å². The maximum Gasteiger partial charge on any atom is 0.135 e. The first-order valence-electron chi connectivity index (χ1n) is 9.02. The van der Waals surface area contributed by atoms with Gasteiger partial charge in [-0.3, -0.25) is 4.98 Å². The van der Waals surface area contributed by atoms with Crippen LogP contribution in [0.25, 0.3) is 0 Å². The Morgan fingerprint density at radius 3 is 2.70 bits per heavy atom. The lowest BCUT2D eigenvalue weighted by atomic mass is 10.2. The number of hydrogen-bond acceptors (Lipinski definition) is 7. The number of benzene rings is 1. The van der Waals surface area contributed by atoms with Gasteiger partial charge in [-0.15, -0.1) is 0 Å². The molecule has 3 aromatic rings. The third-order valence-electron chi connectivity index (χ3n) is 4.38. The van der Waals surface area contributed by atoms with E-state index in [9.17, 15) is 0 Å². The van der Waals surface area contributed by atoms with Crippen LogP contribution in [0.15, 0.2) is 61.2 Å². The topological polar surface area (TPSA) is 75.2 Å². The van der Waals surface area contributed by atoms with Crippen molar-refractivity contribution < 1.29 is 4.74 Å². The number of morpholine rings is 1. The van der Waals surface area contributed by atoms with Crippen LogP contribution in [0.5, 0.6) is 0 Å². The number of para-hydroxylation sites is 2. The lowest BCUT2D eigenvalue weighted by Crippen LogP contribution is -2.36. The Morgan fingerprint density at radius 2 is 1.85 bits per heavy atom. The molecule has 1 aliphatic rings. The Kier molecular flexibility index (Phi) is 5.40. The van der Waals surface area contributed by atoms with Crippen molar-refractivity contribution in [3.05, 3.63) is 66.7 Å². The van der Waals surface area contributed by atoms with Crippen molar-refractivity contribution in [1.29, 1.82) is 0 Å². The van der Waals surface area contributed by atoms with Crippen molar-refractivity contribution in [3.8, 4) is 0 Å². The predicted molar refractivity (Wildman–Crippen MR) is 106 cm³/mol. The molecule has 0 amide bonds. The van der Waals surface area contributed by atoms with Gasteiger partial charge in [0.25, 0.3) is 0 Å². The number of pyridine rings is 1. The molecule has 3 heterocycles. The average Bonchev–Trinajstić information content (AvgIpc) is 2.74. The van der Waals surface area contributed by atoms with Crippen LogP contribution in [0.1, 0.15) is 5.56 Å². The van der Waals surface area contributed by atoms with E-state index >= 15 is 0 Å². The molecule has 27 heavy (non-hydrogen) atoms. The molecule has 1 aliphatic heterocycles. The quantitative estimate of drug-likeness (QED) is 0.698. The third kappa shape index (κ3) is 4.51. The Labute approximate surface area is 158 Å². The van der Waals surface area contributed by atoms with Gasteiger partial charge >= 0.3 is 0 Å². The lowest BCUT2D eigenvalue weighted by Gasteiger charge is -2.30. The highest BCUT2D eigenvalue weighted by atomic mass is 16.5. The van der Waals surface area contributed by atoms with Gasteiger partial charge in [-0.05, 0) is 23.8 Å². The van der Waals surface area contributed by atoms with Crippen molar-refractivity contribution in [2.75, 3.05) is 41.8 Å². The van der Waals surface area contributed by atoms with Gasteiger partial charge < -0.3 is 20.3 Å². The molecule has 1 aromatic carbocycles. The van der Waals surface area contributed by atoms with Crippen LogP contribution in [-0.2, 0) is 11.3 Å². The molecule has 0 bridgehead atoms. The first-order chi connectivity index (χ1) is 13.4. The number of hydrogen-bond donors (Lipinski definition) is 2. The zero-order valence-electron chi connectivity index (χ0n) is 15.0. The normalized spacial score (nSPS) is 14.0. The molecule has 0 radical (unpaired) electrons. The highest BCUT2D eigenvalue weighted by Crippen LogP contribution is 2.29. The SMILES string of the molecule is c1cncc(CNc2cc(Nc3ccccc3N3CCOCC3)ncn2)c1. The lowest BCUT2D eigenvalue weighted by molar-refractivity contribution is 0.123. The van der Waals surface area contributed by atoms with E-state index in [1.54, 1.807) is 12.5 Å². The van der Waals surface area contributed by atoms with E-state index in [-0.39, 0.29) is 0 Å². The summed E-state index contributed by atoms with van der Waals surface area (Å²) in [6, 6.07) is 14.1. The minimum atomic E-state index is 0.661. The molecule has 0 unspecified atom stereocenters. The summed E-state index contributed by atoms with van der Waals surface area (Å²) >= 11 is 0. The van der Waals surface area contributed by atoms with Crippen LogP contribution in [0.4, 0.5) is 23.0 Å². The number of nitrogens with one attached hydrogen (secondary N) is 2. The van der Waals surface area contributed by atoms with Crippen molar-refractivity contribution >= 4 is 23.0 Å². The van der Waals surface area contributed by atoms with Gasteiger partial charge in [0.15, 0.2) is 0 Å². The molecule has 0 aliphatic carbocycles. The Balaban J connectivity index is 1.47. The Hall–Kier alpha value is -3.19. The van der Waals surface area contributed by atoms with Crippen LogP contribution in [0.3, 0.4) is 0 Å². The summed E-state index contributed by atoms with van der Waals surface area (Å²) in [6.07, 6.45) is 5.17. The molecule has 1 saturated heterocycles. The van der Waals surface area contributed by atoms with Crippen molar-refractivity contribution in [2.24, 2.45) is 0 Å². The Bertz CT molecular complexity index is 867. The fraction of sp³-hybridized carbons (Fsp3) is 0.250. The van der Waals surface area contributed by atoms with Gasteiger partial charge in [0.2, 0.25) is 0 Å². The Morgan fingerprint density at radius 1 is 1.00 bits per heavy atom. The van der Waals surface area contributed by atoms with Gasteiger partial charge in [-0.25, -0.2) is 9.97 Å². The number of nitrogens with zero attached hydrogens (tertiary/aromatic N) is 4. The second kappa shape index (κ2) is 8.46. The van der Waals surface area contributed by atoms with Crippen LogP contribution < -0.4 is 15.5 Å². The standard InChI is InChI=1S/C20H22N6O/c1-2-6-18(26-8-10-27-11-9-26)17(5-1)25-20-12-19(23-15-24-20)22-14-16-4-3-7-21-13-16/h1-7,12-13,15H,8-11,14H2,(H2,22,23,24,25). The minimum Gasteiger partial charge on any atom is -0.378 e. The second-order valence-corrected chi connectivity index (χ2v) is 6.24. The summed E-state index contributed by atoms with van der Waals surface area (Å²) in [4.78, 5) is 15.1. The monoisotopic (exact) mass is 362 g/mol. The summed E-state index contributed by atoms with van der Waals surface area (Å²) in [6.45, 7) is 3.95. The molecule has 0 saturated carbocycles. The summed E-state index contributed by atoms with van der Waals surface area (Å²) in [7, 11) is 0. The maximum atomic E-state index is 5.46. The van der Waals surface area contributed by atoms with Crippen LogP contribution >= 0.6 is 0 Å². The summed E-state index contributed by atoms with van der Waals surface area (Å²) < 4.78 is 5.46. The van der Waals surface area contributed by atoms with E-state index in [2.05, 4.69) is 48.7 Å². The third-order valence-corrected chi connectivity index (χ3v) is 4.38. The van der Waals surface area contributed by atoms with E-state index in [0.29, 0.717) is 6.54 Å². The highest BCUT2D eigenvalue weighted by molar-refractivity contribution is 5.74. The summed E-state index contributed by atoms with van der Waals surface area (Å²) in [5, 5.41) is 6.73.